The molecule has 29 heavy (non-hydrogen) atoms. The summed E-state index contributed by atoms with van der Waals surface area (Å²) in [5.41, 5.74) is 0.302. The third kappa shape index (κ3) is 5.86. The van der Waals surface area contributed by atoms with Crippen molar-refractivity contribution >= 4 is 31.5 Å². The molecule has 0 aliphatic carbocycles. The van der Waals surface area contributed by atoms with Crippen LogP contribution in [0, 0.1) is 0 Å². The summed E-state index contributed by atoms with van der Waals surface area (Å²) < 4.78 is 57.1. The highest BCUT2D eigenvalue weighted by atomic mass is 32.2. The number of carbonyl (C=O) groups is 1. The molecule has 10 heteroatoms. The van der Waals surface area contributed by atoms with E-state index in [1.165, 1.54) is 36.4 Å². The van der Waals surface area contributed by atoms with Gasteiger partial charge >= 0.3 is 0 Å². The van der Waals surface area contributed by atoms with Gasteiger partial charge in [-0.1, -0.05) is 18.2 Å². The molecule has 3 rings (SSSR count). The first-order chi connectivity index (χ1) is 13.8. The number of hydrogen-bond acceptors (Lipinski definition) is 6. The molecule has 1 aliphatic rings. The highest BCUT2D eigenvalue weighted by Gasteiger charge is 2.21. The van der Waals surface area contributed by atoms with Crippen molar-refractivity contribution in [2.24, 2.45) is 0 Å². The van der Waals surface area contributed by atoms with E-state index in [9.17, 15) is 21.6 Å². The number of ether oxygens (including phenoxy) is 1. The van der Waals surface area contributed by atoms with Crippen molar-refractivity contribution in [1.29, 1.82) is 0 Å². The molecule has 0 saturated carbocycles. The minimum Gasteiger partial charge on any atom is -0.377 e. The number of amides is 1. The molecule has 1 amide bonds. The fraction of sp³-hybridized carbons (Fsp3) is 0.316. The predicted octanol–water partition coefficient (Wildman–Crippen LogP) is 1.56. The number of nitrogens with one attached hydrogen (secondary N) is 2. The smallest absolute Gasteiger partial charge is 0.240 e. The Morgan fingerprint density at radius 3 is 2.28 bits per heavy atom. The van der Waals surface area contributed by atoms with Crippen molar-refractivity contribution in [3.63, 3.8) is 0 Å². The van der Waals surface area contributed by atoms with E-state index in [0.717, 1.165) is 12.8 Å². The van der Waals surface area contributed by atoms with Gasteiger partial charge < -0.3 is 10.1 Å². The maximum Gasteiger partial charge on any atom is 0.240 e. The van der Waals surface area contributed by atoms with Crippen molar-refractivity contribution in [2.45, 2.75) is 28.7 Å². The number of rotatable bonds is 8. The average molecular weight is 439 g/mol. The molecule has 0 aromatic heterocycles. The summed E-state index contributed by atoms with van der Waals surface area (Å²) in [5.74, 6) is -1.42. The lowest BCUT2D eigenvalue weighted by atomic mass is 10.2. The van der Waals surface area contributed by atoms with Crippen molar-refractivity contribution in [3.8, 4) is 0 Å². The van der Waals surface area contributed by atoms with E-state index in [1.807, 2.05) is 0 Å². The fourth-order valence-corrected chi connectivity index (χ4v) is 5.11. The van der Waals surface area contributed by atoms with Crippen LogP contribution in [-0.4, -0.2) is 47.8 Å². The molecule has 1 atom stereocenters. The van der Waals surface area contributed by atoms with E-state index in [0.29, 0.717) is 12.3 Å². The Balaban J connectivity index is 1.59. The first kappa shape index (κ1) is 21.4. The fourth-order valence-electron chi connectivity index (χ4n) is 2.89. The number of sulfone groups is 1. The van der Waals surface area contributed by atoms with Gasteiger partial charge in [0, 0.05) is 18.8 Å². The topological polar surface area (TPSA) is 119 Å². The summed E-state index contributed by atoms with van der Waals surface area (Å²) in [5, 5.41) is 2.47. The lowest BCUT2D eigenvalue weighted by Crippen LogP contribution is -2.31. The van der Waals surface area contributed by atoms with Gasteiger partial charge in [-0.2, -0.15) is 0 Å². The molecule has 2 aromatic rings. The second kappa shape index (κ2) is 9.04. The second-order valence-corrected chi connectivity index (χ2v) is 10.4. The highest BCUT2D eigenvalue weighted by Crippen LogP contribution is 2.16. The molecule has 8 nitrogen and oxygen atoms in total. The van der Waals surface area contributed by atoms with Gasteiger partial charge in [0.25, 0.3) is 0 Å². The standard InChI is InChI=1S/C19H22N2O6S2/c22-19(14-28(23,24)17-6-2-1-3-7-17)21-15-8-10-18(11-9-15)29(25,26)20-13-16-5-4-12-27-16/h1-3,6-11,16,20H,4-5,12-14H2,(H,21,22)/t16-/m0/s1. The van der Waals surface area contributed by atoms with Gasteiger partial charge in [-0.25, -0.2) is 21.6 Å². The number of sulfonamides is 1. The second-order valence-electron chi connectivity index (χ2n) is 6.63. The third-order valence-electron chi connectivity index (χ3n) is 4.40. The molecule has 1 fully saturated rings. The van der Waals surface area contributed by atoms with Crippen LogP contribution in [0.5, 0.6) is 0 Å². The van der Waals surface area contributed by atoms with Crippen LogP contribution in [0.1, 0.15) is 12.8 Å². The molecule has 0 bridgehead atoms. The molecule has 156 valence electrons. The first-order valence-electron chi connectivity index (χ1n) is 9.05. The van der Waals surface area contributed by atoms with Crippen molar-refractivity contribution in [3.05, 3.63) is 54.6 Å². The van der Waals surface area contributed by atoms with Gasteiger partial charge in [0.2, 0.25) is 15.9 Å². The SMILES string of the molecule is O=C(CS(=O)(=O)c1ccccc1)Nc1ccc(S(=O)(=O)NC[C@@H]2CCCO2)cc1. The molecule has 1 saturated heterocycles. The number of carbonyl (C=O) groups excluding carboxylic acids is 1. The predicted molar refractivity (Wildman–Crippen MR) is 108 cm³/mol. The van der Waals surface area contributed by atoms with Crippen LogP contribution in [0.3, 0.4) is 0 Å². The number of anilines is 1. The summed E-state index contributed by atoms with van der Waals surface area (Å²) in [7, 11) is -7.45. The Hall–Kier alpha value is -2.27. The van der Waals surface area contributed by atoms with E-state index in [1.54, 1.807) is 18.2 Å². The number of hydrogen-bond donors (Lipinski definition) is 2. The Bertz CT molecular complexity index is 1050. The van der Waals surface area contributed by atoms with Crippen LogP contribution in [0.25, 0.3) is 0 Å². The van der Waals surface area contributed by atoms with Crippen LogP contribution in [0.2, 0.25) is 0 Å². The minimum absolute atomic E-state index is 0.0467. The highest BCUT2D eigenvalue weighted by molar-refractivity contribution is 7.92. The van der Waals surface area contributed by atoms with E-state index in [-0.39, 0.29) is 22.4 Å². The lowest BCUT2D eigenvalue weighted by Gasteiger charge is -2.12. The maximum absolute atomic E-state index is 12.3. The van der Waals surface area contributed by atoms with E-state index < -0.39 is 31.5 Å². The zero-order valence-corrected chi connectivity index (χ0v) is 17.2. The quantitative estimate of drug-likeness (QED) is 0.646. The van der Waals surface area contributed by atoms with E-state index in [2.05, 4.69) is 10.0 Å². The molecule has 0 unspecified atom stereocenters. The van der Waals surface area contributed by atoms with Gasteiger partial charge in [-0.05, 0) is 49.2 Å². The molecule has 1 aliphatic heterocycles. The minimum atomic E-state index is -3.76. The maximum atomic E-state index is 12.3. The van der Waals surface area contributed by atoms with Crippen LogP contribution in [-0.2, 0) is 29.4 Å². The summed E-state index contributed by atoms with van der Waals surface area (Å²) in [4.78, 5) is 12.2. The first-order valence-corrected chi connectivity index (χ1v) is 12.2. The van der Waals surface area contributed by atoms with Gasteiger partial charge in [0.05, 0.1) is 15.9 Å². The Labute approximate surface area is 170 Å². The summed E-state index contributed by atoms with van der Waals surface area (Å²) in [6, 6.07) is 13.2. The normalized spacial score (nSPS) is 17.2. The number of benzene rings is 2. The molecule has 0 spiro atoms. The Morgan fingerprint density at radius 2 is 1.66 bits per heavy atom. The van der Waals surface area contributed by atoms with Gasteiger partial charge in [-0.15, -0.1) is 0 Å². The van der Waals surface area contributed by atoms with Crippen LogP contribution in [0.15, 0.2) is 64.4 Å². The van der Waals surface area contributed by atoms with Crippen LogP contribution >= 0.6 is 0 Å². The van der Waals surface area contributed by atoms with Gasteiger partial charge in [-0.3, -0.25) is 4.79 Å². The van der Waals surface area contributed by atoms with E-state index in [4.69, 9.17) is 4.74 Å². The van der Waals surface area contributed by atoms with Crippen LogP contribution in [0.4, 0.5) is 5.69 Å². The Kier molecular flexibility index (Phi) is 6.68. The van der Waals surface area contributed by atoms with Crippen molar-refractivity contribution in [2.75, 3.05) is 24.2 Å². The van der Waals surface area contributed by atoms with Crippen molar-refractivity contribution in [1.82, 2.24) is 4.72 Å². The zero-order valence-electron chi connectivity index (χ0n) is 15.6. The van der Waals surface area contributed by atoms with Gasteiger partial charge in [0.15, 0.2) is 9.84 Å². The van der Waals surface area contributed by atoms with Crippen LogP contribution < -0.4 is 10.0 Å². The monoisotopic (exact) mass is 438 g/mol. The summed E-state index contributed by atoms with van der Waals surface area (Å²) in [6.45, 7) is 0.846. The molecule has 0 radical (unpaired) electrons. The lowest BCUT2D eigenvalue weighted by molar-refractivity contribution is -0.113. The van der Waals surface area contributed by atoms with Gasteiger partial charge in [0.1, 0.15) is 5.75 Å². The molecule has 2 aromatic carbocycles. The van der Waals surface area contributed by atoms with E-state index >= 15 is 0 Å². The summed E-state index contributed by atoms with van der Waals surface area (Å²) >= 11 is 0. The summed E-state index contributed by atoms with van der Waals surface area (Å²) in [6.07, 6.45) is 1.62. The van der Waals surface area contributed by atoms with Crippen molar-refractivity contribution < 1.29 is 26.4 Å². The molecular formula is C19H22N2O6S2. The molecular weight excluding hydrogens is 416 g/mol. The average Bonchev–Trinajstić information content (AvgIpc) is 3.21. The molecule has 1 heterocycles. The Morgan fingerprint density at radius 1 is 0.966 bits per heavy atom. The molecule has 2 N–H and O–H groups in total. The zero-order chi connectivity index (χ0) is 20.9. The largest absolute Gasteiger partial charge is 0.377 e. The third-order valence-corrected chi connectivity index (χ3v) is 7.47.